The maximum Gasteiger partial charge on any atom is 0.294 e. The van der Waals surface area contributed by atoms with E-state index in [1.54, 1.807) is 0 Å². The van der Waals surface area contributed by atoms with Crippen molar-refractivity contribution in [2.75, 3.05) is 0 Å². The minimum absolute atomic E-state index is 0.491. The molecule has 24 heavy (non-hydrogen) atoms. The summed E-state index contributed by atoms with van der Waals surface area (Å²) >= 11 is 0. The van der Waals surface area contributed by atoms with Crippen molar-refractivity contribution in [3.8, 4) is 0 Å². The molecule has 0 N–H and O–H groups in total. The first kappa shape index (κ1) is 18.0. The van der Waals surface area contributed by atoms with Crippen LogP contribution >= 0.6 is 0 Å². The molecule has 128 valence electrons. The van der Waals surface area contributed by atoms with Gasteiger partial charge in [-0.05, 0) is 25.7 Å². The van der Waals surface area contributed by atoms with Gasteiger partial charge in [0.2, 0.25) is 0 Å². The molecule has 0 aliphatic rings. The monoisotopic (exact) mass is 326 g/mol. The number of azo groups is 1. The van der Waals surface area contributed by atoms with Crippen molar-refractivity contribution >= 4 is 11.4 Å². The van der Waals surface area contributed by atoms with Crippen molar-refractivity contribution in [1.82, 2.24) is 0 Å². The van der Waals surface area contributed by atoms with E-state index in [0.717, 1.165) is 22.3 Å². The Morgan fingerprint density at radius 3 is 1.04 bits per heavy atom. The lowest BCUT2D eigenvalue weighted by atomic mass is 10.0. The highest BCUT2D eigenvalue weighted by Gasteiger charge is 2.26. The number of nitrogens with zero attached hydrogens (tertiary/aromatic N) is 2. The molecule has 0 spiro atoms. The molecule has 0 aliphatic heterocycles. The lowest BCUT2D eigenvalue weighted by molar-refractivity contribution is -0.897. The summed E-state index contributed by atoms with van der Waals surface area (Å²) < 4.78 is 0. The molecule has 0 unspecified atom stereocenters. The van der Waals surface area contributed by atoms with E-state index >= 15 is 0 Å². The van der Waals surface area contributed by atoms with Crippen molar-refractivity contribution < 1.29 is 9.72 Å². The Bertz CT molecular complexity index is 643. The van der Waals surface area contributed by atoms with Crippen molar-refractivity contribution in [3.05, 3.63) is 69.1 Å². The van der Waals surface area contributed by atoms with Crippen molar-refractivity contribution in [2.24, 2.45) is 0 Å². The van der Waals surface area contributed by atoms with E-state index in [1.165, 1.54) is 0 Å². The van der Waals surface area contributed by atoms with E-state index in [-0.39, 0.29) is 0 Å². The molecule has 0 fully saturated rings. The average molecular weight is 326 g/mol. The van der Waals surface area contributed by atoms with Gasteiger partial charge in [0.25, 0.3) is 11.4 Å². The zero-order valence-corrected chi connectivity index (χ0v) is 15.0. The molecule has 0 bridgehead atoms. The zero-order chi connectivity index (χ0) is 17.7. The van der Waals surface area contributed by atoms with Crippen LogP contribution in [-0.4, -0.2) is 9.72 Å². The second-order valence-corrected chi connectivity index (χ2v) is 5.81. The van der Waals surface area contributed by atoms with Crippen LogP contribution in [-0.2, 0) is 25.7 Å². The molecule has 0 atom stereocenters. The summed E-state index contributed by atoms with van der Waals surface area (Å²) in [7, 11) is 0. The normalized spacial score (nSPS) is 12.2. The van der Waals surface area contributed by atoms with Gasteiger partial charge in [-0.15, -0.1) is 0 Å². The van der Waals surface area contributed by atoms with Gasteiger partial charge < -0.3 is 10.4 Å². The third kappa shape index (κ3) is 3.28. The third-order valence-electron chi connectivity index (χ3n) is 4.48. The molecule has 0 radical (unpaired) electrons. The Morgan fingerprint density at radius 1 is 0.583 bits per heavy atom. The number of hydrogen-bond acceptors (Lipinski definition) is 2. The molecule has 2 aromatic rings. The van der Waals surface area contributed by atoms with Crippen LogP contribution in [0.2, 0.25) is 0 Å². The maximum absolute atomic E-state index is 13.0. The van der Waals surface area contributed by atoms with E-state index in [1.807, 2.05) is 64.1 Å². The van der Waals surface area contributed by atoms with E-state index in [2.05, 4.69) is 0 Å². The van der Waals surface area contributed by atoms with Crippen LogP contribution < -0.4 is 0 Å². The van der Waals surface area contributed by atoms with Gasteiger partial charge in [0, 0.05) is 22.3 Å². The molecule has 0 saturated heterocycles. The Balaban J connectivity index is 2.74. The predicted octanol–water partition coefficient (Wildman–Crippen LogP) is 5.37. The molecule has 0 aromatic heterocycles. The molecule has 0 amide bonds. The summed E-state index contributed by atoms with van der Waals surface area (Å²) in [5.74, 6) is 0. The van der Waals surface area contributed by atoms with Crippen LogP contribution in [0.5, 0.6) is 0 Å². The number of hydrogen-bond donors (Lipinski definition) is 0. The van der Waals surface area contributed by atoms with Crippen LogP contribution in [0.4, 0.5) is 11.4 Å². The Labute approximate surface area is 144 Å². The molecule has 2 aromatic carbocycles. The number of para-hydroxylation sites is 2. The second-order valence-electron chi connectivity index (χ2n) is 5.81. The van der Waals surface area contributed by atoms with Gasteiger partial charge in [-0.2, -0.15) is 0 Å². The van der Waals surface area contributed by atoms with Gasteiger partial charge in [0.15, 0.2) is 0 Å². The molecule has 0 aliphatic carbocycles. The number of rotatable bonds is 6. The smallest absolute Gasteiger partial charge is 0.294 e. The molecule has 2 rings (SSSR count). The standard InChI is InChI=1S/C20H26N2O2/c1-5-15-11-9-12-16(6-2)19(15)21(23)22(24)20-17(7-3)13-10-14-18(20)8-4/h9-14H,5-8H2,1-4H3/b22-21+. The Hall–Kier alpha value is -2.36. The molecule has 0 heterocycles. The van der Waals surface area contributed by atoms with Crippen LogP contribution in [0, 0.1) is 10.4 Å². The maximum atomic E-state index is 13.0. The fraction of sp³-hybridized carbons (Fsp3) is 0.400. The van der Waals surface area contributed by atoms with Crippen LogP contribution in [0.25, 0.3) is 0 Å². The summed E-state index contributed by atoms with van der Waals surface area (Å²) in [6, 6.07) is 11.6. The molecular weight excluding hydrogens is 300 g/mol. The second kappa shape index (κ2) is 7.95. The molecule has 4 heteroatoms. The average Bonchev–Trinajstić information content (AvgIpc) is 2.65. The van der Waals surface area contributed by atoms with Crippen molar-refractivity contribution in [1.29, 1.82) is 0 Å². The molecule has 0 saturated carbocycles. The predicted molar refractivity (Wildman–Crippen MR) is 97.0 cm³/mol. The highest BCUT2D eigenvalue weighted by Crippen LogP contribution is 2.30. The Kier molecular flexibility index (Phi) is 5.96. The van der Waals surface area contributed by atoms with Crippen LogP contribution in [0.15, 0.2) is 36.4 Å². The summed E-state index contributed by atoms with van der Waals surface area (Å²) in [4.78, 5) is 1.07. The molecular formula is C20H26N2O2. The summed E-state index contributed by atoms with van der Waals surface area (Å²) in [5.41, 5.74) is 4.58. The van der Waals surface area contributed by atoms with Crippen molar-refractivity contribution in [2.45, 2.75) is 53.4 Å². The highest BCUT2D eigenvalue weighted by atomic mass is 16.6. The molecule has 4 nitrogen and oxygen atoms in total. The number of aryl methyl sites for hydroxylation is 4. The van der Waals surface area contributed by atoms with Gasteiger partial charge in [0.1, 0.15) is 0 Å². The van der Waals surface area contributed by atoms with E-state index in [0.29, 0.717) is 46.8 Å². The quantitative estimate of drug-likeness (QED) is 0.407. The summed E-state index contributed by atoms with van der Waals surface area (Å²) in [5, 5.41) is 25.9. The van der Waals surface area contributed by atoms with Crippen LogP contribution in [0.1, 0.15) is 49.9 Å². The number of benzene rings is 2. The minimum Gasteiger partial charge on any atom is -0.561 e. The van der Waals surface area contributed by atoms with Gasteiger partial charge in [0.05, 0.1) is 9.72 Å². The SMILES string of the molecule is CCc1cccc(CC)c1/[N+]([O-])=[N+](\[O-])c1c(CC)cccc1CC. The third-order valence-corrected chi connectivity index (χ3v) is 4.48. The minimum atomic E-state index is 0.491. The first-order valence-electron chi connectivity index (χ1n) is 8.74. The lowest BCUT2D eigenvalue weighted by Crippen LogP contribution is -2.14. The fourth-order valence-corrected chi connectivity index (χ4v) is 3.10. The first-order valence-corrected chi connectivity index (χ1v) is 8.74. The topological polar surface area (TPSA) is 52.1 Å². The summed E-state index contributed by atoms with van der Waals surface area (Å²) in [6.45, 7) is 7.99. The van der Waals surface area contributed by atoms with Gasteiger partial charge >= 0.3 is 0 Å². The highest BCUT2D eigenvalue weighted by molar-refractivity contribution is 5.49. The van der Waals surface area contributed by atoms with Crippen molar-refractivity contribution in [3.63, 3.8) is 0 Å². The van der Waals surface area contributed by atoms with Crippen LogP contribution in [0.3, 0.4) is 0 Å². The van der Waals surface area contributed by atoms with Gasteiger partial charge in [-0.25, -0.2) is 0 Å². The largest absolute Gasteiger partial charge is 0.561 e. The fourth-order valence-electron chi connectivity index (χ4n) is 3.10. The van der Waals surface area contributed by atoms with E-state index < -0.39 is 0 Å². The van der Waals surface area contributed by atoms with Gasteiger partial charge in [-0.1, -0.05) is 64.1 Å². The van der Waals surface area contributed by atoms with E-state index in [9.17, 15) is 10.4 Å². The Morgan fingerprint density at radius 2 is 0.833 bits per heavy atom. The lowest BCUT2D eigenvalue weighted by Gasteiger charge is -2.12. The zero-order valence-electron chi connectivity index (χ0n) is 15.0. The van der Waals surface area contributed by atoms with E-state index in [4.69, 9.17) is 0 Å². The summed E-state index contributed by atoms with van der Waals surface area (Å²) in [6.07, 6.45) is 2.86. The first-order chi connectivity index (χ1) is 11.6. The van der Waals surface area contributed by atoms with Gasteiger partial charge in [-0.3, -0.25) is 0 Å².